The highest BCUT2D eigenvalue weighted by Crippen LogP contribution is 2.25. The van der Waals surface area contributed by atoms with Crippen LogP contribution in [0.15, 0.2) is 60.7 Å². The molecule has 2 aromatic carbocycles. The van der Waals surface area contributed by atoms with E-state index in [0.29, 0.717) is 19.8 Å². The number of carbonyl (C=O) groups excluding carboxylic acids is 1. The van der Waals surface area contributed by atoms with Gasteiger partial charge in [0.15, 0.2) is 0 Å². The number of amides is 1. The lowest BCUT2D eigenvalue weighted by atomic mass is 10.2. The zero-order valence-corrected chi connectivity index (χ0v) is 16.9. The fourth-order valence-electron chi connectivity index (χ4n) is 4.24. The molecule has 0 bridgehead atoms. The molecule has 29 heavy (non-hydrogen) atoms. The summed E-state index contributed by atoms with van der Waals surface area (Å²) in [5, 5.41) is 0. The van der Waals surface area contributed by atoms with Crippen LogP contribution in [0, 0.1) is 0 Å². The van der Waals surface area contributed by atoms with Gasteiger partial charge in [-0.1, -0.05) is 60.7 Å². The van der Waals surface area contributed by atoms with Gasteiger partial charge in [-0.2, -0.15) is 0 Å². The highest BCUT2D eigenvalue weighted by atomic mass is 16.6. The number of rotatable bonds is 7. The molecule has 2 atom stereocenters. The number of benzene rings is 2. The molecule has 2 fully saturated rings. The summed E-state index contributed by atoms with van der Waals surface area (Å²) in [5.74, 6) is 0. The summed E-state index contributed by atoms with van der Waals surface area (Å²) in [6.45, 7) is 4.64. The van der Waals surface area contributed by atoms with Crippen LogP contribution in [0.1, 0.15) is 30.4 Å². The second-order valence-electron chi connectivity index (χ2n) is 8.01. The van der Waals surface area contributed by atoms with Crippen molar-refractivity contribution in [2.45, 2.75) is 44.6 Å². The summed E-state index contributed by atoms with van der Waals surface area (Å²) < 4.78 is 11.8. The summed E-state index contributed by atoms with van der Waals surface area (Å²) in [7, 11) is 0. The molecule has 1 amide bonds. The maximum atomic E-state index is 12.9. The zero-order valence-electron chi connectivity index (χ0n) is 16.9. The van der Waals surface area contributed by atoms with Crippen molar-refractivity contribution >= 4 is 6.09 Å². The van der Waals surface area contributed by atoms with E-state index in [1.807, 2.05) is 53.4 Å². The van der Waals surface area contributed by atoms with Crippen LogP contribution in [0.3, 0.4) is 0 Å². The second-order valence-corrected chi connectivity index (χ2v) is 8.01. The van der Waals surface area contributed by atoms with E-state index < -0.39 is 0 Å². The monoisotopic (exact) mass is 394 g/mol. The van der Waals surface area contributed by atoms with Crippen molar-refractivity contribution in [1.82, 2.24) is 9.80 Å². The molecular weight excluding hydrogens is 364 g/mol. The van der Waals surface area contributed by atoms with Gasteiger partial charge in [-0.15, -0.1) is 0 Å². The van der Waals surface area contributed by atoms with Crippen molar-refractivity contribution in [1.29, 1.82) is 0 Å². The summed E-state index contributed by atoms with van der Waals surface area (Å²) in [6.07, 6.45) is 3.18. The van der Waals surface area contributed by atoms with E-state index in [4.69, 9.17) is 9.47 Å². The first kappa shape index (κ1) is 19.9. The van der Waals surface area contributed by atoms with Gasteiger partial charge in [0.25, 0.3) is 0 Å². The van der Waals surface area contributed by atoms with Crippen LogP contribution < -0.4 is 0 Å². The Morgan fingerprint density at radius 1 is 0.897 bits per heavy atom. The van der Waals surface area contributed by atoms with Crippen molar-refractivity contribution in [2.24, 2.45) is 0 Å². The molecule has 2 heterocycles. The SMILES string of the molecule is O=C(OCc1ccccc1)N1CC(OCc2ccccc2)CC1CN1CCCC1. The first-order valence-corrected chi connectivity index (χ1v) is 10.6. The van der Waals surface area contributed by atoms with Crippen LogP contribution in [0.4, 0.5) is 4.79 Å². The molecule has 154 valence electrons. The molecule has 0 aromatic heterocycles. The molecule has 0 saturated carbocycles. The van der Waals surface area contributed by atoms with Gasteiger partial charge in [0.05, 0.1) is 25.3 Å². The molecular formula is C24H30N2O3. The molecule has 2 aliphatic rings. The molecule has 2 unspecified atom stereocenters. The maximum absolute atomic E-state index is 12.9. The Hall–Kier alpha value is -2.37. The lowest BCUT2D eigenvalue weighted by Gasteiger charge is -2.27. The van der Waals surface area contributed by atoms with Crippen LogP contribution in [0.2, 0.25) is 0 Å². The van der Waals surface area contributed by atoms with Crippen molar-refractivity contribution < 1.29 is 14.3 Å². The second kappa shape index (κ2) is 9.90. The van der Waals surface area contributed by atoms with E-state index in [0.717, 1.165) is 37.2 Å². The first-order valence-electron chi connectivity index (χ1n) is 10.6. The molecule has 0 radical (unpaired) electrons. The molecule has 5 nitrogen and oxygen atoms in total. The molecule has 0 spiro atoms. The van der Waals surface area contributed by atoms with Crippen LogP contribution in [-0.2, 0) is 22.7 Å². The Labute approximate surface area is 173 Å². The average Bonchev–Trinajstić information content (AvgIpc) is 3.42. The van der Waals surface area contributed by atoms with Gasteiger partial charge in [-0.3, -0.25) is 0 Å². The summed E-state index contributed by atoms with van der Waals surface area (Å²) in [4.78, 5) is 17.2. The predicted molar refractivity (Wildman–Crippen MR) is 112 cm³/mol. The highest BCUT2D eigenvalue weighted by molar-refractivity contribution is 5.68. The average molecular weight is 395 g/mol. The minimum Gasteiger partial charge on any atom is -0.445 e. The highest BCUT2D eigenvalue weighted by Gasteiger charge is 2.38. The Bertz CT molecular complexity index is 762. The third-order valence-corrected chi connectivity index (χ3v) is 5.81. The van der Waals surface area contributed by atoms with Crippen molar-refractivity contribution in [3.8, 4) is 0 Å². The Morgan fingerprint density at radius 3 is 2.17 bits per heavy atom. The fraction of sp³-hybridized carbons (Fsp3) is 0.458. The van der Waals surface area contributed by atoms with Gasteiger partial charge in [0.2, 0.25) is 0 Å². The van der Waals surface area contributed by atoms with E-state index >= 15 is 0 Å². The molecule has 4 rings (SSSR count). The fourth-order valence-corrected chi connectivity index (χ4v) is 4.24. The summed E-state index contributed by atoms with van der Waals surface area (Å²) >= 11 is 0. The molecule has 2 aromatic rings. The van der Waals surface area contributed by atoms with Gasteiger partial charge < -0.3 is 19.3 Å². The topological polar surface area (TPSA) is 42.0 Å². The molecule has 0 aliphatic carbocycles. The quantitative estimate of drug-likeness (QED) is 0.710. The predicted octanol–water partition coefficient (Wildman–Crippen LogP) is 4.08. The smallest absolute Gasteiger partial charge is 0.410 e. The van der Waals surface area contributed by atoms with Crippen molar-refractivity contribution in [3.05, 3.63) is 71.8 Å². The Balaban J connectivity index is 1.35. The zero-order chi connectivity index (χ0) is 19.9. The number of hydrogen-bond acceptors (Lipinski definition) is 4. The molecule has 0 N–H and O–H groups in total. The molecule has 2 saturated heterocycles. The van der Waals surface area contributed by atoms with Gasteiger partial charge in [0.1, 0.15) is 6.61 Å². The van der Waals surface area contributed by atoms with E-state index in [1.54, 1.807) is 0 Å². The maximum Gasteiger partial charge on any atom is 0.410 e. The normalized spacial score (nSPS) is 22.1. The Kier molecular flexibility index (Phi) is 6.80. The first-order chi connectivity index (χ1) is 14.3. The third kappa shape index (κ3) is 5.58. The number of hydrogen-bond donors (Lipinski definition) is 0. The lowest BCUT2D eigenvalue weighted by Crippen LogP contribution is -2.42. The summed E-state index contributed by atoms with van der Waals surface area (Å²) in [5.41, 5.74) is 2.17. The Morgan fingerprint density at radius 2 is 1.52 bits per heavy atom. The standard InChI is InChI=1S/C24H30N2O3/c27-24(29-19-21-11-5-2-6-12-21)26-17-23(28-18-20-9-3-1-4-10-20)15-22(26)16-25-13-7-8-14-25/h1-6,9-12,22-23H,7-8,13-19H2. The molecule has 2 aliphatic heterocycles. The third-order valence-electron chi connectivity index (χ3n) is 5.81. The van der Waals surface area contributed by atoms with E-state index in [9.17, 15) is 4.79 Å². The summed E-state index contributed by atoms with van der Waals surface area (Å²) in [6, 6.07) is 20.2. The van der Waals surface area contributed by atoms with E-state index in [2.05, 4.69) is 17.0 Å². The van der Waals surface area contributed by atoms with Crippen molar-refractivity contribution in [2.75, 3.05) is 26.2 Å². The number of nitrogens with zero attached hydrogens (tertiary/aromatic N) is 2. The van der Waals surface area contributed by atoms with Gasteiger partial charge >= 0.3 is 6.09 Å². The van der Waals surface area contributed by atoms with Gasteiger partial charge in [-0.25, -0.2) is 4.79 Å². The van der Waals surface area contributed by atoms with E-state index in [-0.39, 0.29) is 18.2 Å². The number of carbonyl (C=O) groups is 1. The van der Waals surface area contributed by atoms with Crippen LogP contribution >= 0.6 is 0 Å². The van der Waals surface area contributed by atoms with Gasteiger partial charge in [-0.05, 0) is 43.5 Å². The minimum atomic E-state index is -0.233. The van der Waals surface area contributed by atoms with Crippen LogP contribution in [0.25, 0.3) is 0 Å². The molecule has 5 heteroatoms. The van der Waals surface area contributed by atoms with Crippen LogP contribution in [0.5, 0.6) is 0 Å². The van der Waals surface area contributed by atoms with E-state index in [1.165, 1.54) is 12.8 Å². The van der Waals surface area contributed by atoms with Crippen molar-refractivity contribution in [3.63, 3.8) is 0 Å². The van der Waals surface area contributed by atoms with Crippen LogP contribution in [-0.4, -0.2) is 54.2 Å². The van der Waals surface area contributed by atoms with Gasteiger partial charge in [0, 0.05) is 6.54 Å². The lowest BCUT2D eigenvalue weighted by molar-refractivity contribution is 0.0431. The number of ether oxygens (including phenoxy) is 2. The number of likely N-dealkylation sites (tertiary alicyclic amines) is 2. The largest absolute Gasteiger partial charge is 0.445 e. The minimum absolute atomic E-state index is 0.0482.